The summed E-state index contributed by atoms with van der Waals surface area (Å²) in [5.74, 6) is -0.894. The summed E-state index contributed by atoms with van der Waals surface area (Å²) in [4.78, 5) is 13.5. The van der Waals surface area contributed by atoms with Crippen LogP contribution in [0.15, 0.2) is 66.7 Å². The van der Waals surface area contributed by atoms with E-state index >= 15 is 0 Å². The molecule has 3 aromatic carbocycles. The highest BCUT2D eigenvalue weighted by Crippen LogP contribution is 2.27. The number of nitrogens with one attached hydrogen (secondary N) is 1. The van der Waals surface area contributed by atoms with Crippen molar-refractivity contribution in [2.45, 2.75) is 13.5 Å². The summed E-state index contributed by atoms with van der Waals surface area (Å²) in [6.45, 7) is 2.42. The molecule has 0 unspecified atom stereocenters. The van der Waals surface area contributed by atoms with Crippen LogP contribution in [0.5, 0.6) is 0 Å². The van der Waals surface area contributed by atoms with E-state index in [1.165, 1.54) is 24.3 Å². The van der Waals surface area contributed by atoms with Crippen molar-refractivity contribution in [1.82, 2.24) is 0 Å². The second-order valence-electron chi connectivity index (χ2n) is 7.65. The summed E-state index contributed by atoms with van der Waals surface area (Å²) in [7, 11) is 3.96. The molecule has 0 atom stereocenters. The molecule has 3 aromatic rings. The predicted octanol–water partition coefficient (Wildman–Crippen LogP) is 5.62. The molecular formula is C27H26FN3O2. The summed E-state index contributed by atoms with van der Waals surface area (Å²) in [5.41, 5.74) is 5.51. The molecule has 0 aliphatic rings. The van der Waals surface area contributed by atoms with Crippen molar-refractivity contribution < 1.29 is 13.9 Å². The van der Waals surface area contributed by atoms with Crippen LogP contribution in [-0.2, 0) is 16.1 Å². The fourth-order valence-electron chi connectivity index (χ4n) is 3.35. The predicted molar refractivity (Wildman–Crippen MR) is 130 cm³/mol. The molecule has 0 heterocycles. The highest BCUT2D eigenvalue weighted by Gasteiger charge is 2.08. The first-order valence-electron chi connectivity index (χ1n) is 10.6. The first-order chi connectivity index (χ1) is 15.9. The molecule has 0 fully saturated rings. The van der Waals surface area contributed by atoms with Gasteiger partial charge in [-0.1, -0.05) is 24.3 Å². The van der Waals surface area contributed by atoms with Crippen molar-refractivity contribution >= 4 is 23.4 Å². The van der Waals surface area contributed by atoms with Crippen LogP contribution in [0.1, 0.15) is 23.6 Å². The Hall–Kier alpha value is -4.11. The number of halogens is 1. The number of nitrogens with zero attached hydrogens (tertiary/aromatic N) is 2. The second kappa shape index (κ2) is 11.0. The summed E-state index contributed by atoms with van der Waals surface area (Å²) in [6, 6.07) is 20.5. The fourth-order valence-corrected chi connectivity index (χ4v) is 3.35. The number of rotatable bonds is 8. The topological polar surface area (TPSA) is 65.4 Å². The van der Waals surface area contributed by atoms with Crippen molar-refractivity contribution in [3.05, 3.63) is 89.2 Å². The molecule has 0 aliphatic carbocycles. The molecule has 0 radical (unpaired) electrons. The number of hydrogen-bond acceptors (Lipinski definition) is 5. The molecular weight excluding hydrogens is 417 g/mol. The molecule has 0 saturated heterocycles. The number of carbonyl (C=O) groups is 1. The lowest BCUT2D eigenvalue weighted by Crippen LogP contribution is -2.07. The van der Waals surface area contributed by atoms with Crippen LogP contribution in [0.2, 0.25) is 0 Å². The molecule has 5 nitrogen and oxygen atoms in total. The number of ether oxygens (including phenoxy) is 1. The van der Waals surface area contributed by atoms with Gasteiger partial charge in [0.2, 0.25) is 0 Å². The van der Waals surface area contributed by atoms with Crippen LogP contribution in [0.25, 0.3) is 17.2 Å². The molecule has 0 saturated carbocycles. The number of esters is 1. The van der Waals surface area contributed by atoms with E-state index in [0.717, 1.165) is 22.4 Å². The van der Waals surface area contributed by atoms with Gasteiger partial charge in [0.05, 0.1) is 18.2 Å². The number of benzene rings is 3. The van der Waals surface area contributed by atoms with E-state index in [2.05, 4.69) is 11.4 Å². The second-order valence-corrected chi connectivity index (χ2v) is 7.65. The van der Waals surface area contributed by atoms with E-state index in [1.807, 2.05) is 61.5 Å². The normalized spacial score (nSPS) is 10.6. The van der Waals surface area contributed by atoms with Gasteiger partial charge in [-0.2, -0.15) is 5.26 Å². The van der Waals surface area contributed by atoms with Crippen molar-refractivity contribution in [3.8, 4) is 17.2 Å². The Morgan fingerprint density at radius 1 is 1.12 bits per heavy atom. The van der Waals surface area contributed by atoms with Gasteiger partial charge in [-0.15, -0.1) is 0 Å². The van der Waals surface area contributed by atoms with Crippen LogP contribution in [-0.4, -0.2) is 26.7 Å². The van der Waals surface area contributed by atoms with Gasteiger partial charge in [0, 0.05) is 38.1 Å². The maximum atomic E-state index is 14.0. The van der Waals surface area contributed by atoms with Gasteiger partial charge in [-0.3, -0.25) is 0 Å². The quantitative estimate of drug-likeness (QED) is 0.362. The molecule has 0 aromatic heterocycles. The van der Waals surface area contributed by atoms with Crippen LogP contribution in [0, 0.1) is 17.1 Å². The van der Waals surface area contributed by atoms with Crippen LogP contribution >= 0.6 is 0 Å². The van der Waals surface area contributed by atoms with Gasteiger partial charge in [0.25, 0.3) is 0 Å². The van der Waals surface area contributed by atoms with Gasteiger partial charge in [0.1, 0.15) is 5.82 Å². The standard InChI is InChI=1S/C27H26FN3O2/c1-4-33-27(32)12-6-19-14-23(28)16-24(15-19)30-18-20-5-11-26(22(13-20)17-29)21-7-9-25(10-8-21)31(2)3/h5-16,30H,4,18H2,1-3H3/b12-6+. The monoisotopic (exact) mass is 443 g/mol. The summed E-state index contributed by atoms with van der Waals surface area (Å²) in [5, 5.41) is 12.9. The Labute approximate surface area is 193 Å². The molecule has 0 spiro atoms. The zero-order valence-electron chi connectivity index (χ0n) is 18.9. The Morgan fingerprint density at radius 2 is 1.88 bits per heavy atom. The van der Waals surface area contributed by atoms with E-state index in [0.29, 0.717) is 23.4 Å². The lowest BCUT2D eigenvalue weighted by Gasteiger charge is -2.14. The molecule has 33 heavy (non-hydrogen) atoms. The molecule has 168 valence electrons. The lowest BCUT2D eigenvalue weighted by molar-refractivity contribution is -0.137. The highest BCUT2D eigenvalue weighted by molar-refractivity contribution is 5.87. The van der Waals surface area contributed by atoms with Crippen molar-refractivity contribution in [1.29, 1.82) is 5.26 Å². The highest BCUT2D eigenvalue weighted by atomic mass is 19.1. The SMILES string of the molecule is CCOC(=O)/C=C/c1cc(F)cc(NCc2ccc(-c3ccc(N(C)C)cc3)c(C#N)c2)c1. The van der Waals surface area contributed by atoms with Crippen molar-refractivity contribution in [2.75, 3.05) is 30.9 Å². The van der Waals surface area contributed by atoms with Crippen LogP contribution < -0.4 is 10.2 Å². The van der Waals surface area contributed by atoms with Gasteiger partial charge in [-0.05, 0) is 71.7 Å². The minimum Gasteiger partial charge on any atom is -0.463 e. The maximum Gasteiger partial charge on any atom is 0.330 e. The summed E-state index contributed by atoms with van der Waals surface area (Å²) >= 11 is 0. The Bertz CT molecular complexity index is 1190. The minimum atomic E-state index is -0.475. The zero-order chi connectivity index (χ0) is 23.8. The molecule has 0 aliphatic heterocycles. The Kier molecular flexibility index (Phi) is 7.82. The number of anilines is 2. The maximum absolute atomic E-state index is 14.0. The molecule has 3 rings (SSSR count). The fraction of sp³-hybridized carbons (Fsp3) is 0.185. The third kappa shape index (κ3) is 6.44. The van der Waals surface area contributed by atoms with E-state index in [-0.39, 0.29) is 6.61 Å². The molecule has 0 amide bonds. The first kappa shape index (κ1) is 23.6. The van der Waals surface area contributed by atoms with Gasteiger partial charge in [-0.25, -0.2) is 9.18 Å². The van der Waals surface area contributed by atoms with E-state index in [4.69, 9.17) is 4.74 Å². The lowest BCUT2D eigenvalue weighted by atomic mass is 9.98. The van der Waals surface area contributed by atoms with Gasteiger partial charge < -0.3 is 15.0 Å². The van der Waals surface area contributed by atoms with Crippen LogP contribution in [0.3, 0.4) is 0 Å². The molecule has 6 heteroatoms. The van der Waals surface area contributed by atoms with Crippen LogP contribution in [0.4, 0.5) is 15.8 Å². The largest absolute Gasteiger partial charge is 0.463 e. The summed E-state index contributed by atoms with van der Waals surface area (Å²) < 4.78 is 18.9. The van der Waals surface area contributed by atoms with E-state index < -0.39 is 11.8 Å². The van der Waals surface area contributed by atoms with Crippen molar-refractivity contribution in [3.63, 3.8) is 0 Å². The zero-order valence-corrected chi connectivity index (χ0v) is 18.9. The van der Waals surface area contributed by atoms with Crippen molar-refractivity contribution in [2.24, 2.45) is 0 Å². The molecule has 1 N–H and O–H groups in total. The average Bonchev–Trinajstić information content (AvgIpc) is 2.81. The third-order valence-electron chi connectivity index (χ3n) is 5.01. The van der Waals surface area contributed by atoms with E-state index in [9.17, 15) is 14.4 Å². The van der Waals surface area contributed by atoms with Gasteiger partial charge >= 0.3 is 5.97 Å². The smallest absolute Gasteiger partial charge is 0.330 e. The average molecular weight is 444 g/mol. The third-order valence-corrected chi connectivity index (χ3v) is 5.01. The Morgan fingerprint density at radius 3 is 2.55 bits per heavy atom. The Balaban J connectivity index is 1.74. The molecule has 0 bridgehead atoms. The number of carbonyl (C=O) groups excluding carboxylic acids is 1. The number of nitriles is 1. The first-order valence-corrected chi connectivity index (χ1v) is 10.6. The summed E-state index contributed by atoms with van der Waals surface area (Å²) in [6.07, 6.45) is 2.78. The number of hydrogen-bond donors (Lipinski definition) is 1. The minimum absolute atomic E-state index is 0.282. The van der Waals surface area contributed by atoms with E-state index in [1.54, 1.807) is 13.0 Å². The van der Waals surface area contributed by atoms with Gasteiger partial charge in [0.15, 0.2) is 0 Å².